The summed E-state index contributed by atoms with van der Waals surface area (Å²) in [7, 11) is 0. The highest BCUT2D eigenvalue weighted by atomic mass is 35.5. The Bertz CT molecular complexity index is 1240. The zero-order chi connectivity index (χ0) is 22.0. The van der Waals surface area contributed by atoms with E-state index >= 15 is 0 Å². The molecule has 156 valence electrons. The summed E-state index contributed by atoms with van der Waals surface area (Å²) in [4.78, 5) is 21.2. The molecule has 0 saturated carbocycles. The average Bonchev–Trinajstić information content (AvgIpc) is 2.77. The number of aromatic nitrogens is 2. The number of nitrogens with zero attached hydrogens (tertiary/aromatic N) is 2. The third kappa shape index (κ3) is 4.51. The molecule has 8 heteroatoms. The number of hydrogen-bond acceptors (Lipinski definition) is 3. The zero-order valence-corrected chi connectivity index (χ0v) is 16.7. The predicted molar refractivity (Wildman–Crippen MR) is 112 cm³/mol. The molecule has 0 spiro atoms. The second-order valence-corrected chi connectivity index (χ2v) is 7.24. The number of fused-ring (bicyclic) bond motifs is 1. The SMILES string of the molecule is O=C(N[C@@H](c1ccc(Cl)cc1)c1ncccc1C(F)(F)F)c1ccc2cccnc2c1. The molecular weight excluding hydrogens is 427 g/mol. The first-order valence-electron chi connectivity index (χ1n) is 9.26. The van der Waals surface area contributed by atoms with Gasteiger partial charge in [-0.2, -0.15) is 13.2 Å². The van der Waals surface area contributed by atoms with Crippen LogP contribution < -0.4 is 5.32 Å². The lowest BCUT2D eigenvalue weighted by molar-refractivity contribution is -0.138. The summed E-state index contributed by atoms with van der Waals surface area (Å²) in [6, 6.07) is 15.8. The molecule has 0 aliphatic carbocycles. The molecule has 0 fully saturated rings. The van der Waals surface area contributed by atoms with Gasteiger partial charge in [0.15, 0.2) is 0 Å². The Labute approximate surface area is 180 Å². The average molecular weight is 442 g/mol. The normalized spacial score (nSPS) is 12.5. The Balaban J connectivity index is 1.76. The van der Waals surface area contributed by atoms with Crippen molar-refractivity contribution in [1.29, 1.82) is 0 Å². The number of nitrogens with one attached hydrogen (secondary N) is 1. The molecule has 4 nitrogen and oxygen atoms in total. The van der Waals surface area contributed by atoms with Gasteiger partial charge < -0.3 is 5.32 Å². The van der Waals surface area contributed by atoms with Crippen LogP contribution in [0.25, 0.3) is 10.9 Å². The van der Waals surface area contributed by atoms with E-state index in [9.17, 15) is 18.0 Å². The fourth-order valence-electron chi connectivity index (χ4n) is 3.27. The number of rotatable bonds is 4. The topological polar surface area (TPSA) is 54.9 Å². The van der Waals surface area contributed by atoms with E-state index in [0.29, 0.717) is 16.1 Å². The molecule has 2 heterocycles. The predicted octanol–water partition coefficient (Wildman–Crippen LogP) is 5.82. The Morgan fingerprint density at radius 3 is 2.39 bits per heavy atom. The van der Waals surface area contributed by atoms with Crippen LogP contribution in [-0.4, -0.2) is 15.9 Å². The molecule has 0 radical (unpaired) electrons. The van der Waals surface area contributed by atoms with Crippen molar-refractivity contribution < 1.29 is 18.0 Å². The molecule has 2 aromatic carbocycles. The maximum absolute atomic E-state index is 13.6. The van der Waals surface area contributed by atoms with Crippen LogP contribution in [0.3, 0.4) is 0 Å². The van der Waals surface area contributed by atoms with Gasteiger partial charge in [-0.05, 0) is 48.0 Å². The number of alkyl halides is 3. The minimum absolute atomic E-state index is 0.273. The molecule has 4 aromatic rings. The Morgan fingerprint density at radius 1 is 0.935 bits per heavy atom. The summed E-state index contributed by atoms with van der Waals surface area (Å²) in [5, 5.41) is 3.96. The molecule has 0 aliphatic rings. The molecule has 1 atom stereocenters. The zero-order valence-electron chi connectivity index (χ0n) is 15.9. The minimum atomic E-state index is -4.63. The minimum Gasteiger partial charge on any atom is -0.340 e. The van der Waals surface area contributed by atoms with Gasteiger partial charge >= 0.3 is 6.18 Å². The van der Waals surface area contributed by atoms with Crippen LogP contribution in [0.4, 0.5) is 13.2 Å². The van der Waals surface area contributed by atoms with Crippen molar-refractivity contribution in [3.8, 4) is 0 Å². The van der Waals surface area contributed by atoms with Gasteiger partial charge in [-0.3, -0.25) is 14.8 Å². The second-order valence-electron chi connectivity index (χ2n) is 6.80. The van der Waals surface area contributed by atoms with E-state index in [4.69, 9.17) is 11.6 Å². The molecular formula is C23H15ClF3N3O. The Morgan fingerprint density at radius 2 is 1.65 bits per heavy atom. The Hall–Kier alpha value is -3.45. The van der Waals surface area contributed by atoms with Gasteiger partial charge in [0.1, 0.15) is 0 Å². The van der Waals surface area contributed by atoms with E-state index in [1.807, 2.05) is 6.07 Å². The highest BCUT2D eigenvalue weighted by molar-refractivity contribution is 6.30. The van der Waals surface area contributed by atoms with Crippen LogP contribution >= 0.6 is 11.6 Å². The molecule has 4 rings (SSSR count). The van der Waals surface area contributed by atoms with E-state index < -0.39 is 23.7 Å². The number of benzene rings is 2. The largest absolute Gasteiger partial charge is 0.418 e. The van der Waals surface area contributed by atoms with Crippen LogP contribution in [0.1, 0.15) is 33.2 Å². The van der Waals surface area contributed by atoms with Gasteiger partial charge in [0.2, 0.25) is 0 Å². The highest BCUT2D eigenvalue weighted by Gasteiger charge is 2.37. The number of pyridine rings is 2. The lowest BCUT2D eigenvalue weighted by Crippen LogP contribution is -2.31. The fraction of sp³-hybridized carbons (Fsp3) is 0.0870. The van der Waals surface area contributed by atoms with Gasteiger partial charge in [-0.25, -0.2) is 0 Å². The van der Waals surface area contributed by atoms with Crippen molar-refractivity contribution in [1.82, 2.24) is 15.3 Å². The molecule has 1 N–H and O–H groups in total. The molecule has 0 bridgehead atoms. The van der Waals surface area contributed by atoms with E-state index in [1.165, 1.54) is 12.3 Å². The van der Waals surface area contributed by atoms with Gasteiger partial charge in [-0.15, -0.1) is 0 Å². The number of halogens is 4. The molecule has 0 saturated heterocycles. The summed E-state index contributed by atoms with van der Waals surface area (Å²) in [6.07, 6.45) is -1.77. The molecule has 0 unspecified atom stereocenters. The maximum atomic E-state index is 13.6. The summed E-state index contributed by atoms with van der Waals surface area (Å²) in [5.41, 5.74) is 0.0718. The molecule has 1 amide bonds. The van der Waals surface area contributed by atoms with E-state index in [0.717, 1.165) is 11.5 Å². The van der Waals surface area contributed by atoms with Gasteiger partial charge in [0.05, 0.1) is 22.8 Å². The van der Waals surface area contributed by atoms with Crippen LogP contribution in [-0.2, 0) is 6.18 Å². The number of carbonyl (C=O) groups is 1. The molecule has 2 aromatic heterocycles. The standard InChI is InChI=1S/C23H15ClF3N3O/c24-17-9-7-15(8-10-17)20(21-18(23(25,26)27)4-2-12-29-21)30-22(31)16-6-5-14-3-1-11-28-19(14)13-16/h1-13,20H,(H,30,31)/t20-/m0/s1. The summed E-state index contributed by atoms with van der Waals surface area (Å²) in [6.45, 7) is 0. The quantitative estimate of drug-likeness (QED) is 0.434. The third-order valence-corrected chi connectivity index (χ3v) is 5.02. The van der Waals surface area contributed by atoms with Crippen LogP contribution in [0.5, 0.6) is 0 Å². The first kappa shape index (κ1) is 20.8. The van der Waals surface area contributed by atoms with Crippen LogP contribution in [0.15, 0.2) is 79.1 Å². The van der Waals surface area contributed by atoms with Crippen molar-refractivity contribution in [3.05, 3.63) is 107 Å². The third-order valence-electron chi connectivity index (χ3n) is 4.76. The smallest absolute Gasteiger partial charge is 0.340 e. The van der Waals surface area contributed by atoms with Crippen LogP contribution in [0.2, 0.25) is 5.02 Å². The van der Waals surface area contributed by atoms with Crippen molar-refractivity contribution in [3.63, 3.8) is 0 Å². The summed E-state index contributed by atoms with van der Waals surface area (Å²) >= 11 is 5.93. The summed E-state index contributed by atoms with van der Waals surface area (Å²) < 4.78 is 40.9. The molecule has 0 aliphatic heterocycles. The number of carbonyl (C=O) groups excluding carboxylic acids is 1. The van der Waals surface area contributed by atoms with Crippen LogP contribution in [0, 0.1) is 0 Å². The Kier molecular flexibility index (Phi) is 5.61. The highest BCUT2D eigenvalue weighted by Crippen LogP contribution is 2.35. The number of amides is 1. The second kappa shape index (κ2) is 8.35. The first-order valence-corrected chi connectivity index (χ1v) is 9.64. The molecule has 31 heavy (non-hydrogen) atoms. The lowest BCUT2D eigenvalue weighted by Gasteiger charge is -2.22. The maximum Gasteiger partial charge on any atom is 0.418 e. The van der Waals surface area contributed by atoms with Crippen molar-refractivity contribution in [2.45, 2.75) is 12.2 Å². The summed E-state index contributed by atoms with van der Waals surface area (Å²) in [5.74, 6) is -0.550. The van der Waals surface area contributed by atoms with E-state index in [1.54, 1.807) is 54.7 Å². The first-order chi connectivity index (χ1) is 14.8. The van der Waals surface area contributed by atoms with E-state index in [-0.39, 0.29) is 11.3 Å². The van der Waals surface area contributed by atoms with Crippen molar-refractivity contribution in [2.75, 3.05) is 0 Å². The monoisotopic (exact) mass is 441 g/mol. The van der Waals surface area contributed by atoms with E-state index in [2.05, 4.69) is 15.3 Å². The van der Waals surface area contributed by atoms with Crippen molar-refractivity contribution in [2.24, 2.45) is 0 Å². The number of hydrogen-bond donors (Lipinski definition) is 1. The van der Waals surface area contributed by atoms with Gasteiger partial charge in [0, 0.05) is 28.4 Å². The lowest BCUT2D eigenvalue weighted by atomic mass is 9.98. The fourth-order valence-corrected chi connectivity index (χ4v) is 3.40. The van der Waals surface area contributed by atoms with Crippen molar-refractivity contribution >= 4 is 28.4 Å². The van der Waals surface area contributed by atoms with Gasteiger partial charge in [-0.1, -0.05) is 35.9 Å². The van der Waals surface area contributed by atoms with Gasteiger partial charge in [0.25, 0.3) is 5.91 Å².